The predicted octanol–water partition coefficient (Wildman–Crippen LogP) is 5.19. The number of methoxy groups -OCH3 is 1. The third-order valence-corrected chi connectivity index (χ3v) is 7.05. The van der Waals surface area contributed by atoms with Crippen LogP contribution in [0.15, 0.2) is 53.9 Å². The zero-order chi connectivity index (χ0) is 26.2. The van der Waals surface area contributed by atoms with Gasteiger partial charge < -0.3 is 29.3 Å². The Morgan fingerprint density at radius 1 is 1.00 bits per heavy atom. The van der Waals surface area contributed by atoms with E-state index in [0.29, 0.717) is 44.2 Å². The molecule has 0 saturated carbocycles. The van der Waals surface area contributed by atoms with Crippen molar-refractivity contribution in [2.75, 3.05) is 38.9 Å². The number of carbonyl (C=O) groups is 2. The molecule has 0 aliphatic carbocycles. The van der Waals surface area contributed by atoms with Gasteiger partial charge >= 0.3 is 6.03 Å². The van der Waals surface area contributed by atoms with Crippen LogP contribution < -0.4 is 14.8 Å². The molecule has 2 heterocycles. The molecule has 37 heavy (non-hydrogen) atoms. The summed E-state index contributed by atoms with van der Waals surface area (Å²) in [5, 5.41) is 5.01. The molecule has 3 amide bonds. The smallest absolute Gasteiger partial charge is 0.322 e. The van der Waals surface area contributed by atoms with E-state index in [4.69, 9.17) is 14.2 Å². The molecule has 0 atom stereocenters. The quantitative estimate of drug-likeness (QED) is 0.350. The highest BCUT2D eigenvalue weighted by atomic mass is 32.1. The van der Waals surface area contributed by atoms with Crippen LogP contribution in [-0.2, 0) is 22.6 Å². The standard InChI is InChI=1S/C28H33N3O5S/c1-20-7-4-8-21(2)27(20)29-28(33)30(12-6-13-34-3)18-26(32)31(17-23-9-5-14-37-23)16-22-10-11-24-25(15-22)36-19-35-24/h4-5,7-11,14-15H,6,12-13,16-19H2,1-3H3,(H,29,33). The van der Waals surface area contributed by atoms with E-state index in [1.165, 1.54) is 0 Å². The zero-order valence-corrected chi connectivity index (χ0v) is 22.3. The van der Waals surface area contributed by atoms with Crippen LogP contribution in [0.1, 0.15) is 28.0 Å². The number of ether oxygens (including phenoxy) is 3. The van der Waals surface area contributed by atoms with Gasteiger partial charge in [-0.3, -0.25) is 4.79 Å². The normalized spacial score (nSPS) is 11.9. The molecule has 2 aromatic carbocycles. The average molecular weight is 524 g/mol. The Balaban J connectivity index is 1.52. The number of rotatable bonds is 11. The van der Waals surface area contributed by atoms with Crippen molar-refractivity contribution in [3.63, 3.8) is 0 Å². The van der Waals surface area contributed by atoms with Gasteiger partial charge in [-0.1, -0.05) is 30.3 Å². The maximum atomic E-state index is 13.7. The van der Waals surface area contributed by atoms with Crippen LogP contribution in [0, 0.1) is 13.8 Å². The largest absolute Gasteiger partial charge is 0.454 e. The lowest BCUT2D eigenvalue weighted by Gasteiger charge is -2.28. The summed E-state index contributed by atoms with van der Waals surface area (Å²) >= 11 is 1.60. The maximum Gasteiger partial charge on any atom is 0.322 e. The molecule has 1 aliphatic heterocycles. The number of para-hydroxylation sites is 1. The summed E-state index contributed by atoms with van der Waals surface area (Å²) < 4.78 is 16.1. The Bertz CT molecular complexity index is 1190. The number of nitrogens with zero attached hydrogens (tertiary/aromatic N) is 2. The fourth-order valence-corrected chi connectivity index (χ4v) is 4.92. The van der Waals surface area contributed by atoms with Gasteiger partial charge in [0.2, 0.25) is 12.7 Å². The van der Waals surface area contributed by atoms with Gasteiger partial charge in [0, 0.05) is 37.4 Å². The fourth-order valence-electron chi connectivity index (χ4n) is 4.20. The fraction of sp³-hybridized carbons (Fsp3) is 0.357. The monoisotopic (exact) mass is 523 g/mol. The zero-order valence-electron chi connectivity index (χ0n) is 21.5. The second-order valence-electron chi connectivity index (χ2n) is 8.98. The van der Waals surface area contributed by atoms with Crippen molar-refractivity contribution in [3.05, 3.63) is 75.5 Å². The highest BCUT2D eigenvalue weighted by molar-refractivity contribution is 7.09. The van der Waals surface area contributed by atoms with E-state index >= 15 is 0 Å². The van der Waals surface area contributed by atoms with E-state index in [0.717, 1.165) is 27.3 Å². The summed E-state index contributed by atoms with van der Waals surface area (Å²) in [5.74, 6) is 1.24. The number of carbonyl (C=O) groups excluding carboxylic acids is 2. The second kappa shape index (κ2) is 12.6. The average Bonchev–Trinajstić information content (AvgIpc) is 3.57. The van der Waals surface area contributed by atoms with Crippen LogP contribution in [-0.4, -0.2) is 55.3 Å². The number of aryl methyl sites for hydroxylation is 2. The molecular formula is C28H33N3O5S. The third-order valence-electron chi connectivity index (χ3n) is 6.19. The number of urea groups is 1. The molecule has 196 valence electrons. The van der Waals surface area contributed by atoms with Crippen molar-refractivity contribution < 1.29 is 23.8 Å². The minimum atomic E-state index is -0.305. The highest BCUT2D eigenvalue weighted by Gasteiger charge is 2.24. The lowest BCUT2D eigenvalue weighted by atomic mass is 10.1. The molecule has 0 unspecified atom stereocenters. The molecule has 9 heteroatoms. The molecule has 0 bridgehead atoms. The van der Waals surface area contributed by atoms with Gasteiger partial charge in [-0.25, -0.2) is 4.79 Å². The van der Waals surface area contributed by atoms with E-state index in [1.54, 1.807) is 28.2 Å². The van der Waals surface area contributed by atoms with Crippen LogP contribution in [0.3, 0.4) is 0 Å². The summed E-state index contributed by atoms with van der Waals surface area (Å²) in [6, 6.07) is 15.2. The van der Waals surface area contributed by atoms with Gasteiger partial charge in [0.15, 0.2) is 11.5 Å². The highest BCUT2D eigenvalue weighted by Crippen LogP contribution is 2.33. The lowest BCUT2D eigenvalue weighted by Crippen LogP contribution is -2.44. The summed E-state index contributed by atoms with van der Waals surface area (Å²) in [6.07, 6.45) is 0.622. The van der Waals surface area contributed by atoms with Crippen LogP contribution in [0.4, 0.5) is 10.5 Å². The Hall–Kier alpha value is -3.56. The molecule has 3 aromatic rings. The van der Waals surface area contributed by atoms with Crippen molar-refractivity contribution in [3.8, 4) is 11.5 Å². The molecular weight excluding hydrogens is 490 g/mol. The van der Waals surface area contributed by atoms with Crippen molar-refractivity contribution in [2.45, 2.75) is 33.4 Å². The Kier molecular flexibility index (Phi) is 9.03. The summed E-state index contributed by atoms with van der Waals surface area (Å²) in [5.41, 5.74) is 3.64. The third kappa shape index (κ3) is 7.02. The minimum absolute atomic E-state index is 0.0452. The van der Waals surface area contributed by atoms with E-state index in [2.05, 4.69) is 5.32 Å². The first-order valence-electron chi connectivity index (χ1n) is 12.2. The molecule has 1 aromatic heterocycles. The SMILES string of the molecule is COCCCN(CC(=O)N(Cc1ccc2c(c1)OCO2)Cc1cccs1)C(=O)Nc1c(C)cccc1C. The second-order valence-corrected chi connectivity index (χ2v) is 10.0. The molecule has 0 fully saturated rings. The predicted molar refractivity (Wildman–Crippen MR) is 144 cm³/mol. The molecule has 0 radical (unpaired) electrons. The van der Waals surface area contributed by atoms with Crippen LogP contribution in [0.5, 0.6) is 11.5 Å². The first-order chi connectivity index (χ1) is 17.9. The van der Waals surface area contributed by atoms with E-state index in [1.807, 2.05) is 67.8 Å². The Labute approximate surface area is 221 Å². The first-order valence-corrected chi connectivity index (χ1v) is 13.1. The lowest BCUT2D eigenvalue weighted by molar-refractivity contribution is -0.133. The molecule has 0 spiro atoms. The van der Waals surface area contributed by atoms with E-state index in [-0.39, 0.29) is 25.3 Å². The van der Waals surface area contributed by atoms with Gasteiger partial charge in [-0.15, -0.1) is 11.3 Å². The number of nitrogens with one attached hydrogen (secondary N) is 1. The summed E-state index contributed by atoms with van der Waals surface area (Å²) in [4.78, 5) is 31.4. The van der Waals surface area contributed by atoms with Crippen LogP contribution in [0.2, 0.25) is 0 Å². The minimum Gasteiger partial charge on any atom is -0.454 e. The van der Waals surface area contributed by atoms with Crippen molar-refractivity contribution in [2.24, 2.45) is 0 Å². The maximum absolute atomic E-state index is 13.7. The number of hydrogen-bond acceptors (Lipinski definition) is 6. The molecule has 1 N–H and O–H groups in total. The van der Waals surface area contributed by atoms with Crippen molar-refractivity contribution in [1.29, 1.82) is 0 Å². The number of fused-ring (bicyclic) bond motifs is 1. The van der Waals surface area contributed by atoms with Crippen molar-refractivity contribution >= 4 is 29.0 Å². The van der Waals surface area contributed by atoms with Gasteiger partial charge in [0.05, 0.1) is 6.54 Å². The summed E-state index contributed by atoms with van der Waals surface area (Å²) in [6.45, 7) is 5.80. The summed E-state index contributed by atoms with van der Waals surface area (Å²) in [7, 11) is 1.63. The van der Waals surface area contributed by atoms with Gasteiger partial charge in [0.1, 0.15) is 6.54 Å². The van der Waals surface area contributed by atoms with Crippen LogP contribution >= 0.6 is 11.3 Å². The van der Waals surface area contributed by atoms with E-state index in [9.17, 15) is 9.59 Å². The number of hydrogen-bond donors (Lipinski definition) is 1. The van der Waals surface area contributed by atoms with Gasteiger partial charge in [-0.2, -0.15) is 0 Å². The Morgan fingerprint density at radius 2 is 1.78 bits per heavy atom. The number of thiophene rings is 1. The van der Waals surface area contributed by atoms with Crippen LogP contribution in [0.25, 0.3) is 0 Å². The topological polar surface area (TPSA) is 80.3 Å². The first kappa shape index (κ1) is 26.5. The molecule has 0 saturated heterocycles. The number of benzene rings is 2. The number of anilines is 1. The van der Waals surface area contributed by atoms with E-state index < -0.39 is 0 Å². The molecule has 4 rings (SSSR count). The van der Waals surface area contributed by atoms with Gasteiger partial charge in [0.25, 0.3) is 0 Å². The molecule has 1 aliphatic rings. The van der Waals surface area contributed by atoms with Crippen molar-refractivity contribution in [1.82, 2.24) is 9.80 Å². The Morgan fingerprint density at radius 3 is 2.51 bits per heavy atom. The molecule has 8 nitrogen and oxygen atoms in total. The van der Waals surface area contributed by atoms with Gasteiger partial charge in [-0.05, 0) is 60.5 Å². The number of amides is 3.